The van der Waals surface area contributed by atoms with Crippen LogP contribution in [0.4, 0.5) is 11.5 Å². The summed E-state index contributed by atoms with van der Waals surface area (Å²) in [5, 5.41) is 3.98. The van der Waals surface area contributed by atoms with Gasteiger partial charge in [0.2, 0.25) is 5.91 Å². The summed E-state index contributed by atoms with van der Waals surface area (Å²) in [5.41, 5.74) is 3.14. The molecule has 2 heterocycles. The van der Waals surface area contributed by atoms with Crippen molar-refractivity contribution >= 4 is 28.3 Å². The fraction of sp³-hybridized carbons (Fsp3) is 0.333. The van der Waals surface area contributed by atoms with Gasteiger partial charge in [0.25, 0.3) is 0 Å². The van der Waals surface area contributed by atoms with Crippen molar-refractivity contribution < 1.29 is 4.79 Å². The molecule has 0 saturated carbocycles. The zero-order chi connectivity index (χ0) is 18.4. The molecule has 0 saturated heterocycles. The SMILES string of the molecule is CCCN(CCC)c1ccc(NC(=O)Cc2c[nH]c3ccccc23)nc1. The minimum absolute atomic E-state index is 0.0611. The molecule has 26 heavy (non-hydrogen) atoms. The van der Waals surface area contributed by atoms with E-state index < -0.39 is 0 Å². The van der Waals surface area contributed by atoms with Crippen molar-refractivity contribution in [1.29, 1.82) is 0 Å². The molecule has 3 rings (SSSR count). The first-order valence-corrected chi connectivity index (χ1v) is 9.27. The maximum Gasteiger partial charge on any atom is 0.230 e. The molecule has 2 aromatic heterocycles. The number of aromatic amines is 1. The number of anilines is 2. The van der Waals surface area contributed by atoms with Gasteiger partial charge < -0.3 is 15.2 Å². The number of H-pyrrole nitrogens is 1. The van der Waals surface area contributed by atoms with E-state index in [2.05, 4.69) is 34.0 Å². The Kier molecular flexibility index (Phi) is 5.89. The molecule has 1 amide bonds. The Morgan fingerprint density at radius 2 is 1.88 bits per heavy atom. The van der Waals surface area contributed by atoms with Crippen LogP contribution in [0.5, 0.6) is 0 Å². The Morgan fingerprint density at radius 1 is 1.12 bits per heavy atom. The van der Waals surface area contributed by atoms with Crippen LogP contribution in [-0.2, 0) is 11.2 Å². The van der Waals surface area contributed by atoms with Crippen LogP contribution in [0.3, 0.4) is 0 Å². The fourth-order valence-corrected chi connectivity index (χ4v) is 3.19. The van der Waals surface area contributed by atoms with Crippen molar-refractivity contribution in [3.05, 3.63) is 54.4 Å². The van der Waals surface area contributed by atoms with Gasteiger partial charge in [0.05, 0.1) is 18.3 Å². The molecule has 2 N–H and O–H groups in total. The molecule has 0 atom stereocenters. The van der Waals surface area contributed by atoms with E-state index in [1.807, 2.05) is 48.8 Å². The van der Waals surface area contributed by atoms with Gasteiger partial charge in [-0.1, -0.05) is 32.0 Å². The second-order valence-corrected chi connectivity index (χ2v) is 6.47. The van der Waals surface area contributed by atoms with Crippen LogP contribution < -0.4 is 10.2 Å². The Morgan fingerprint density at radius 3 is 2.58 bits per heavy atom. The van der Waals surface area contributed by atoms with Crippen molar-refractivity contribution in [2.45, 2.75) is 33.1 Å². The standard InChI is InChI=1S/C21H26N4O/c1-3-11-25(12-4-2)17-9-10-20(23-15-17)24-21(26)13-16-14-22-19-8-6-5-7-18(16)19/h5-10,14-15,22H,3-4,11-13H2,1-2H3,(H,23,24,26). The summed E-state index contributed by atoms with van der Waals surface area (Å²) in [6, 6.07) is 11.9. The van der Waals surface area contributed by atoms with Crippen LogP contribution >= 0.6 is 0 Å². The number of hydrogen-bond acceptors (Lipinski definition) is 3. The van der Waals surface area contributed by atoms with Crippen molar-refractivity contribution in [2.24, 2.45) is 0 Å². The number of hydrogen-bond donors (Lipinski definition) is 2. The van der Waals surface area contributed by atoms with Gasteiger partial charge in [-0.05, 0) is 36.6 Å². The molecule has 0 unspecified atom stereocenters. The Balaban J connectivity index is 1.64. The van der Waals surface area contributed by atoms with E-state index in [0.29, 0.717) is 12.2 Å². The highest BCUT2D eigenvalue weighted by Crippen LogP contribution is 2.19. The number of fused-ring (bicyclic) bond motifs is 1. The molecule has 3 aromatic rings. The number of nitrogens with one attached hydrogen (secondary N) is 2. The zero-order valence-corrected chi connectivity index (χ0v) is 15.5. The highest BCUT2D eigenvalue weighted by molar-refractivity contribution is 5.95. The van der Waals surface area contributed by atoms with E-state index in [1.54, 1.807) is 0 Å². The number of carbonyl (C=O) groups excluding carboxylic acids is 1. The third kappa shape index (κ3) is 4.23. The molecule has 5 heteroatoms. The fourth-order valence-electron chi connectivity index (χ4n) is 3.19. The highest BCUT2D eigenvalue weighted by atomic mass is 16.1. The molecule has 0 fully saturated rings. The van der Waals surface area contributed by atoms with E-state index in [-0.39, 0.29) is 5.91 Å². The number of carbonyl (C=O) groups is 1. The monoisotopic (exact) mass is 350 g/mol. The number of aromatic nitrogens is 2. The molecular formula is C21H26N4O. The number of pyridine rings is 1. The predicted octanol–water partition coefficient (Wildman–Crippen LogP) is 4.37. The minimum atomic E-state index is -0.0611. The van der Waals surface area contributed by atoms with Gasteiger partial charge >= 0.3 is 0 Å². The third-order valence-corrected chi connectivity index (χ3v) is 4.39. The molecule has 0 spiro atoms. The Hall–Kier alpha value is -2.82. The lowest BCUT2D eigenvalue weighted by atomic mass is 10.1. The molecule has 0 bridgehead atoms. The predicted molar refractivity (Wildman–Crippen MR) is 108 cm³/mol. The maximum atomic E-state index is 12.4. The van der Waals surface area contributed by atoms with Crippen molar-refractivity contribution in [3.63, 3.8) is 0 Å². The normalized spacial score (nSPS) is 10.8. The number of rotatable bonds is 8. The first-order valence-electron chi connectivity index (χ1n) is 9.27. The number of amides is 1. The summed E-state index contributed by atoms with van der Waals surface area (Å²) in [6.45, 7) is 6.38. The van der Waals surface area contributed by atoms with Gasteiger partial charge in [-0.15, -0.1) is 0 Å². The van der Waals surface area contributed by atoms with E-state index >= 15 is 0 Å². The van der Waals surface area contributed by atoms with Crippen molar-refractivity contribution in [2.75, 3.05) is 23.3 Å². The van der Waals surface area contributed by atoms with Gasteiger partial charge in [-0.25, -0.2) is 4.98 Å². The summed E-state index contributed by atoms with van der Waals surface area (Å²) >= 11 is 0. The summed E-state index contributed by atoms with van der Waals surface area (Å²) < 4.78 is 0. The molecule has 5 nitrogen and oxygen atoms in total. The summed E-state index contributed by atoms with van der Waals surface area (Å²) in [5.74, 6) is 0.528. The largest absolute Gasteiger partial charge is 0.370 e. The first-order chi connectivity index (χ1) is 12.7. The van der Waals surface area contributed by atoms with Crippen LogP contribution in [0.1, 0.15) is 32.3 Å². The lowest BCUT2D eigenvalue weighted by Gasteiger charge is -2.23. The molecular weight excluding hydrogens is 324 g/mol. The highest BCUT2D eigenvalue weighted by Gasteiger charge is 2.10. The summed E-state index contributed by atoms with van der Waals surface area (Å²) in [4.78, 5) is 22.3. The molecule has 0 aliphatic heterocycles. The second kappa shape index (κ2) is 8.52. The van der Waals surface area contributed by atoms with Crippen LogP contribution in [0.15, 0.2) is 48.8 Å². The second-order valence-electron chi connectivity index (χ2n) is 6.47. The Bertz CT molecular complexity index is 848. The summed E-state index contributed by atoms with van der Waals surface area (Å²) in [6.07, 6.45) is 6.26. The quantitative estimate of drug-likeness (QED) is 0.634. The Labute approximate surface area is 154 Å². The van der Waals surface area contributed by atoms with E-state index in [4.69, 9.17) is 0 Å². The topological polar surface area (TPSA) is 61.0 Å². The molecule has 0 aliphatic carbocycles. The molecule has 136 valence electrons. The number of benzene rings is 1. The zero-order valence-electron chi connectivity index (χ0n) is 15.5. The van der Waals surface area contributed by atoms with Gasteiger partial charge in [-0.3, -0.25) is 4.79 Å². The van der Waals surface area contributed by atoms with Crippen LogP contribution in [0, 0.1) is 0 Å². The maximum absolute atomic E-state index is 12.4. The lowest BCUT2D eigenvalue weighted by Crippen LogP contribution is -2.25. The molecule has 1 aromatic carbocycles. The summed E-state index contributed by atoms with van der Waals surface area (Å²) in [7, 11) is 0. The van der Waals surface area contributed by atoms with Gasteiger partial charge in [-0.2, -0.15) is 0 Å². The number of nitrogens with zero attached hydrogens (tertiary/aromatic N) is 2. The molecule has 0 radical (unpaired) electrons. The molecule has 0 aliphatic rings. The van der Waals surface area contributed by atoms with E-state index in [1.165, 1.54) is 0 Å². The third-order valence-electron chi connectivity index (χ3n) is 4.39. The van der Waals surface area contributed by atoms with Crippen LogP contribution in [-0.4, -0.2) is 29.0 Å². The average molecular weight is 350 g/mol. The van der Waals surface area contributed by atoms with Crippen molar-refractivity contribution in [3.8, 4) is 0 Å². The van der Waals surface area contributed by atoms with Crippen LogP contribution in [0.25, 0.3) is 10.9 Å². The smallest absolute Gasteiger partial charge is 0.230 e. The average Bonchev–Trinajstić information content (AvgIpc) is 3.05. The van der Waals surface area contributed by atoms with Gasteiger partial charge in [0, 0.05) is 30.2 Å². The van der Waals surface area contributed by atoms with E-state index in [0.717, 1.165) is 48.1 Å². The first kappa shape index (κ1) is 18.0. The van der Waals surface area contributed by atoms with Crippen LogP contribution in [0.2, 0.25) is 0 Å². The van der Waals surface area contributed by atoms with E-state index in [9.17, 15) is 4.79 Å². The van der Waals surface area contributed by atoms with Gasteiger partial charge in [0.1, 0.15) is 5.82 Å². The number of para-hydroxylation sites is 1. The van der Waals surface area contributed by atoms with Crippen molar-refractivity contribution in [1.82, 2.24) is 9.97 Å². The lowest BCUT2D eigenvalue weighted by molar-refractivity contribution is -0.115. The minimum Gasteiger partial charge on any atom is -0.370 e. The van der Waals surface area contributed by atoms with Gasteiger partial charge in [0.15, 0.2) is 0 Å².